The van der Waals surface area contributed by atoms with E-state index in [0.29, 0.717) is 0 Å². The van der Waals surface area contributed by atoms with Crippen LogP contribution in [-0.4, -0.2) is 21.9 Å². The van der Waals surface area contributed by atoms with Gasteiger partial charge in [0.1, 0.15) is 5.54 Å². The summed E-state index contributed by atoms with van der Waals surface area (Å²) in [4.78, 5) is 0. The number of nitriles is 1. The second-order valence-corrected chi connectivity index (χ2v) is 5.47. The van der Waals surface area contributed by atoms with Crippen molar-refractivity contribution < 1.29 is 0 Å². The predicted molar refractivity (Wildman–Crippen MR) is 78.1 cm³/mol. The lowest BCUT2D eigenvalue weighted by molar-refractivity contribution is 0.333. The van der Waals surface area contributed by atoms with Crippen molar-refractivity contribution in [3.63, 3.8) is 0 Å². The Morgan fingerprint density at radius 3 is 2.47 bits per heavy atom. The van der Waals surface area contributed by atoms with Crippen molar-refractivity contribution in [3.8, 4) is 6.07 Å². The maximum absolute atomic E-state index is 9.35. The van der Waals surface area contributed by atoms with Crippen LogP contribution in [0.15, 0.2) is 0 Å². The lowest BCUT2D eigenvalue weighted by atomic mass is 9.95. The number of aryl methyl sites for hydroxylation is 1. The average Bonchev–Trinajstić information content (AvgIpc) is 2.64. The van der Waals surface area contributed by atoms with E-state index in [1.54, 1.807) is 0 Å². The SMILES string of the molecule is CCNC(C)(C#N)CC(C)n1nc(C)c(CC)c1C. The smallest absolute Gasteiger partial charge is 0.105 e. The van der Waals surface area contributed by atoms with Gasteiger partial charge in [-0.05, 0) is 46.2 Å². The van der Waals surface area contributed by atoms with Gasteiger partial charge in [-0.15, -0.1) is 0 Å². The zero-order valence-corrected chi connectivity index (χ0v) is 13.0. The summed E-state index contributed by atoms with van der Waals surface area (Å²) < 4.78 is 2.07. The number of nitrogens with zero attached hydrogens (tertiary/aromatic N) is 3. The summed E-state index contributed by atoms with van der Waals surface area (Å²) in [7, 11) is 0. The molecule has 1 N–H and O–H groups in total. The highest BCUT2D eigenvalue weighted by molar-refractivity contribution is 5.24. The molecule has 0 radical (unpaired) electrons. The Morgan fingerprint density at radius 2 is 2.05 bits per heavy atom. The van der Waals surface area contributed by atoms with E-state index < -0.39 is 5.54 Å². The van der Waals surface area contributed by atoms with Crippen LogP contribution < -0.4 is 5.32 Å². The minimum atomic E-state index is -0.493. The van der Waals surface area contributed by atoms with Gasteiger partial charge in [0.05, 0.1) is 17.8 Å². The van der Waals surface area contributed by atoms with Gasteiger partial charge in [0.15, 0.2) is 0 Å². The first-order chi connectivity index (χ1) is 8.88. The maximum atomic E-state index is 9.35. The molecule has 0 aliphatic heterocycles. The molecule has 0 fully saturated rings. The highest BCUT2D eigenvalue weighted by Crippen LogP contribution is 2.24. The van der Waals surface area contributed by atoms with Crippen molar-refractivity contribution in [3.05, 3.63) is 17.0 Å². The Hall–Kier alpha value is -1.34. The maximum Gasteiger partial charge on any atom is 0.105 e. The summed E-state index contributed by atoms with van der Waals surface area (Å²) in [6.45, 7) is 13.2. The largest absolute Gasteiger partial charge is 0.300 e. The van der Waals surface area contributed by atoms with Crippen LogP contribution in [0.25, 0.3) is 0 Å². The van der Waals surface area contributed by atoms with Crippen molar-refractivity contribution in [2.75, 3.05) is 6.54 Å². The average molecular weight is 262 g/mol. The van der Waals surface area contributed by atoms with Crippen LogP contribution in [-0.2, 0) is 6.42 Å². The molecule has 2 unspecified atom stereocenters. The van der Waals surface area contributed by atoms with E-state index in [2.05, 4.69) is 48.9 Å². The van der Waals surface area contributed by atoms with Gasteiger partial charge in [-0.1, -0.05) is 13.8 Å². The molecule has 1 heterocycles. The van der Waals surface area contributed by atoms with Crippen LogP contribution in [0.3, 0.4) is 0 Å². The molecule has 4 heteroatoms. The molecule has 0 spiro atoms. The topological polar surface area (TPSA) is 53.6 Å². The molecule has 1 aromatic heterocycles. The molecule has 1 aromatic rings. The van der Waals surface area contributed by atoms with Gasteiger partial charge in [-0.25, -0.2) is 0 Å². The summed E-state index contributed by atoms with van der Waals surface area (Å²) in [5.74, 6) is 0. The zero-order chi connectivity index (χ0) is 14.6. The molecule has 2 atom stereocenters. The fraction of sp³-hybridized carbons (Fsp3) is 0.733. The molecule has 19 heavy (non-hydrogen) atoms. The van der Waals surface area contributed by atoms with Gasteiger partial charge >= 0.3 is 0 Å². The summed E-state index contributed by atoms with van der Waals surface area (Å²) in [5.41, 5.74) is 3.17. The number of rotatable bonds is 6. The van der Waals surface area contributed by atoms with Gasteiger partial charge in [0, 0.05) is 12.1 Å². The second kappa shape index (κ2) is 6.21. The monoisotopic (exact) mass is 262 g/mol. The molecule has 0 aliphatic carbocycles. The van der Waals surface area contributed by atoms with E-state index in [1.165, 1.54) is 11.3 Å². The standard InChI is InChI=1S/C15H26N4/c1-7-14-12(4)18-19(13(14)5)11(3)9-15(6,10-16)17-8-2/h11,17H,7-9H2,1-6H3. The normalized spacial score (nSPS) is 15.8. The van der Waals surface area contributed by atoms with Gasteiger partial charge < -0.3 is 0 Å². The lowest BCUT2D eigenvalue weighted by Gasteiger charge is -2.27. The van der Waals surface area contributed by atoms with Gasteiger partial charge in [0.2, 0.25) is 0 Å². The molecule has 106 valence electrons. The number of hydrogen-bond acceptors (Lipinski definition) is 3. The molecular weight excluding hydrogens is 236 g/mol. The van der Waals surface area contributed by atoms with E-state index in [4.69, 9.17) is 0 Å². The summed E-state index contributed by atoms with van der Waals surface area (Å²) in [6, 6.07) is 2.59. The molecule has 4 nitrogen and oxygen atoms in total. The minimum absolute atomic E-state index is 0.211. The number of nitrogens with one attached hydrogen (secondary N) is 1. The molecule has 0 amide bonds. The van der Waals surface area contributed by atoms with Gasteiger partial charge in [0.25, 0.3) is 0 Å². The fourth-order valence-electron chi connectivity index (χ4n) is 2.86. The predicted octanol–water partition coefficient (Wildman–Crippen LogP) is 2.91. The molecular formula is C15H26N4. The van der Waals surface area contributed by atoms with Crippen LogP contribution in [0.5, 0.6) is 0 Å². The van der Waals surface area contributed by atoms with Crippen LogP contribution >= 0.6 is 0 Å². The number of aromatic nitrogens is 2. The van der Waals surface area contributed by atoms with Gasteiger partial charge in [-0.2, -0.15) is 10.4 Å². The minimum Gasteiger partial charge on any atom is -0.300 e. The van der Waals surface area contributed by atoms with Crippen LogP contribution in [0.2, 0.25) is 0 Å². The van der Waals surface area contributed by atoms with E-state index in [-0.39, 0.29) is 6.04 Å². The van der Waals surface area contributed by atoms with Crippen LogP contribution in [0.4, 0.5) is 0 Å². The zero-order valence-electron chi connectivity index (χ0n) is 13.0. The first-order valence-corrected chi connectivity index (χ1v) is 7.09. The number of hydrogen-bond donors (Lipinski definition) is 1. The highest BCUT2D eigenvalue weighted by Gasteiger charge is 2.27. The molecule has 1 rings (SSSR count). The van der Waals surface area contributed by atoms with E-state index >= 15 is 0 Å². The second-order valence-electron chi connectivity index (χ2n) is 5.47. The molecule has 0 aliphatic rings. The Balaban J connectivity index is 2.96. The van der Waals surface area contributed by atoms with Crippen LogP contribution in [0.1, 0.15) is 57.1 Å². The Kier molecular flexibility index (Phi) is 5.13. The molecule has 0 saturated heterocycles. The van der Waals surface area contributed by atoms with E-state index in [1.807, 2.05) is 13.8 Å². The highest BCUT2D eigenvalue weighted by atomic mass is 15.3. The third kappa shape index (κ3) is 3.36. The lowest BCUT2D eigenvalue weighted by Crippen LogP contribution is -2.42. The summed E-state index contributed by atoms with van der Waals surface area (Å²) >= 11 is 0. The van der Waals surface area contributed by atoms with E-state index in [9.17, 15) is 5.26 Å². The van der Waals surface area contributed by atoms with E-state index in [0.717, 1.165) is 25.1 Å². The first kappa shape index (κ1) is 15.7. The van der Waals surface area contributed by atoms with Crippen molar-refractivity contribution in [1.82, 2.24) is 15.1 Å². The Bertz CT molecular complexity index is 469. The first-order valence-electron chi connectivity index (χ1n) is 7.09. The molecule has 0 saturated carbocycles. The van der Waals surface area contributed by atoms with Gasteiger partial charge in [-0.3, -0.25) is 10.00 Å². The summed E-state index contributed by atoms with van der Waals surface area (Å²) in [5, 5.41) is 17.2. The third-order valence-electron chi connectivity index (χ3n) is 3.76. The van der Waals surface area contributed by atoms with Crippen LogP contribution in [0, 0.1) is 25.2 Å². The molecule has 0 aromatic carbocycles. The summed E-state index contributed by atoms with van der Waals surface area (Å²) in [6.07, 6.45) is 1.76. The third-order valence-corrected chi connectivity index (χ3v) is 3.76. The fourth-order valence-corrected chi connectivity index (χ4v) is 2.86. The van der Waals surface area contributed by atoms with Crippen molar-refractivity contribution >= 4 is 0 Å². The Labute approximate surface area is 116 Å². The van der Waals surface area contributed by atoms with Crippen molar-refractivity contribution in [2.24, 2.45) is 0 Å². The Morgan fingerprint density at radius 1 is 1.42 bits per heavy atom. The van der Waals surface area contributed by atoms with Crippen molar-refractivity contribution in [1.29, 1.82) is 5.26 Å². The van der Waals surface area contributed by atoms with Crippen molar-refractivity contribution in [2.45, 2.75) is 66.0 Å². The molecule has 0 bridgehead atoms. The quantitative estimate of drug-likeness (QED) is 0.857.